The highest BCUT2D eigenvalue weighted by molar-refractivity contribution is 6.00. The van der Waals surface area contributed by atoms with Crippen LogP contribution in [0.4, 0.5) is 0 Å². The minimum Gasteiger partial charge on any atom is -0.391 e. The summed E-state index contributed by atoms with van der Waals surface area (Å²) in [7, 11) is 0. The molecule has 1 aliphatic carbocycles. The number of hydrogen-bond donors (Lipinski definition) is 2. The molecule has 1 saturated carbocycles. The summed E-state index contributed by atoms with van der Waals surface area (Å²) in [6, 6.07) is 5.24. The van der Waals surface area contributed by atoms with Crippen LogP contribution in [0.1, 0.15) is 78.7 Å². The summed E-state index contributed by atoms with van der Waals surface area (Å²) in [5, 5.41) is 12.8. The molecule has 0 aromatic heterocycles. The number of nitrogens with zero attached hydrogens (tertiary/aromatic N) is 1. The Hall–Kier alpha value is -1.92. The number of nitrogens with one attached hydrogen (secondary N) is 1. The van der Waals surface area contributed by atoms with Gasteiger partial charge in [0.1, 0.15) is 0 Å². The highest BCUT2D eigenvalue weighted by Gasteiger charge is 2.19. The summed E-state index contributed by atoms with van der Waals surface area (Å²) in [5.74, 6) is -0.320. The largest absolute Gasteiger partial charge is 0.391 e. The third-order valence-electron chi connectivity index (χ3n) is 5.22. The summed E-state index contributed by atoms with van der Waals surface area (Å²) < 4.78 is 5.65. The molecule has 6 heteroatoms. The SMILES string of the molecule is CCCN(CCC)C(=O)c1cc(C)cc(C(=O)NCC(O)CCOC2CCC2)c1. The molecule has 1 aromatic rings. The first-order chi connectivity index (χ1) is 13.9. The van der Waals surface area contributed by atoms with Crippen molar-refractivity contribution < 1.29 is 19.4 Å². The zero-order valence-corrected chi connectivity index (χ0v) is 18.1. The van der Waals surface area contributed by atoms with Crippen molar-refractivity contribution in [3.05, 3.63) is 34.9 Å². The zero-order chi connectivity index (χ0) is 21.2. The van der Waals surface area contributed by atoms with Crippen molar-refractivity contribution in [1.82, 2.24) is 10.2 Å². The summed E-state index contributed by atoms with van der Waals surface area (Å²) in [5.41, 5.74) is 1.84. The monoisotopic (exact) mass is 404 g/mol. The summed E-state index contributed by atoms with van der Waals surface area (Å²) in [6.45, 7) is 8.07. The molecule has 2 N–H and O–H groups in total. The quantitative estimate of drug-likeness (QED) is 0.560. The van der Waals surface area contributed by atoms with Crippen LogP contribution < -0.4 is 5.32 Å². The predicted octanol–water partition coefficient (Wildman–Crippen LogP) is 3.31. The van der Waals surface area contributed by atoms with E-state index in [0.717, 1.165) is 31.2 Å². The van der Waals surface area contributed by atoms with Gasteiger partial charge in [-0.1, -0.05) is 13.8 Å². The van der Waals surface area contributed by atoms with E-state index in [1.165, 1.54) is 6.42 Å². The average Bonchev–Trinajstić information content (AvgIpc) is 2.66. The lowest BCUT2D eigenvalue weighted by Crippen LogP contribution is -2.34. The fourth-order valence-corrected chi connectivity index (χ4v) is 3.40. The fraction of sp³-hybridized carbons (Fsp3) is 0.652. The van der Waals surface area contributed by atoms with Crippen molar-refractivity contribution in [2.45, 2.75) is 71.5 Å². The van der Waals surface area contributed by atoms with E-state index in [1.54, 1.807) is 12.1 Å². The number of rotatable bonds is 12. The van der Waals surface area contributed by atoms with Gasteiger partial charge in [-0.2, -0.15) is 0 Å². The van der Waals surface area contributed by atoms with Crippen molar-refractivity contribution in [1.29, 1.82) is 0 Å². The van der Waals surface area contributed by atoms with Crippen molar-refractivity contribution in [3.8, 4) is 0 Å². The molecule has 2 amide bonds. The average molecular weight is 405 g/mol. The smallest absolute Gasteiger partial charge is 0.253 e. The van der Waals surface area contributed by atoms with Gasteiger partial charge in [0.15, 0.2) is 0 Å². The van der Waals surface area contributed by atoms with E-state index in [-0.39, 0.29) is 18.4 Å². The van der Waals surface area contributed by atoms with Gasteiger partial charge >= 0.3 is 0 Å². The third kappa shape index (κ3) is 7.44. The maximum absolute atomic E-state index is 12.9. The number of carbonyl (C=O) groups excluding carboxylic acids is 2. The lowest BCUT2D eigenvalue weighted by atomic mass is 9.96. The Bertz CT molecular complexity index is 667. The predicted molar refractivity (Wildman–Crippen MR) is 114 cm³/mol. The maximum atomic E-state index is 12.9. The standard InChI is InChI=1S/C23H36N2O4/c1-4-10-25(11-5-2)23(28)19-14-17(3)13-18(15-19)22(27)24-16-20(26)9-12-29-21-7-6-8-21/h13-15,20-21,26H,4-12,16H2,1-3H3,(H,24,27). The molecule has 0 aliphatic heterocycles. The Morgan fingerprint density at radius 3 is 2.41 bits per heavy atom. The number of ether oxygens (including phenoxy) is 1. The molecule has 0 radical (unpaired) electrons. The van der Waals surface area contributed by atoms with E-state index < -0.39 is 6.10 Å². The van der Waals surface area contributed by atoms with Crippen molar-refractivity contribution in [3.63, 3.8) is 0 Å². The van der Waals surface area contributed by atoms with Crippen LogP contribution in [0, 0.1) is 6.92 Å². The molecule has 0 spiro atoms. The van der Waals surface area contributed by atoms with E-state index in [0.29, 0.717) is 43.3 Å². The molecular weight excluding hydrogens is 368 g/mol. The van der Waals surface area contributed by atoms with Gasteiger partial charge in [0.2, 0.25) is 0 Å². The summed E-state index contributed by atoms with van der Waals surface area (Å²) >= 11 is 0. The van der Waals surface area contributed by atoms with Gasteiger partial charge < -0.3 is 20.1 Å². The first-order valence-electron chi connectivity index (χ1n) is 10.9. The van der Waals surface area contributed by atoms with Crippen molar-refractivity contribution in [2.75, 3.05) is 26.2 Å². The van der Waals surface area contributed by atoms with Crippen LogP contribution >= 0.6 is 0 Å². The third-order valence-corrected chi connectivity index (χ3v) is 5.22. The summed E-state index contributed by atoms with van der Waals surface area (Å²) in [4.78, 5) is 27.3. The molecule has 0 saturated heterocycles. The number of amides is 2. The molecule has 1 aromatic carbocycles. The molecule has 1 fully saturated rings. The van der Waals surface area contributed by atoms with Crippen LogP contribution in [0.5, 0.6) is 0 Å². The lowest BCUT2D eigenvalue weighted by Gasteiger charge is -2.26. The molecule has 1 atom stereocenters. The van der Waals surface area contributed by atoms with E-state index in [9.17, 15) is 14.7 Å². The number of aliphatic hydroxyl groups excluding tert-OH is 1. The summed E-state index contributed by atoms with van der Waals surface area (Å²) in [6.07, 6.45) is 5.43. The van der Waals surface area contributed by atoms with E-state index in [1.807, 2.05) is 31.7 Å². The number of carbonyl (C=O) groups is 2. The van der Waals surface area contributed by atoms with Gasteiger partial charge in [-0.05, 0) is 69.2 Å². The number of aliphatic hydroxyl groups is 1. The first-order valence-corrected chi connectivity index (χ1v) is 10.9. The molecular formula is C23H36N2O4. The topological polar surface area (TPSA) is 78.9 Å². The maximum Gasteiger partial charge on any atom is 0.253 e. The number of benzene rings is 1. The number of aryl methyl sites for hydroxylation is 1. The second kappa shape index (κ2) is 11.9. The molecule has 0 heterocycles. The van der Waals surface area contributed by atoms with Gasteiger partial charge in [-0.3, -0.25) is 9.59 Å². The van der Waals surface area contributed by atoms with Gasteiger partial charge in [-0.15, -0.1) is 0 Å². The Morgan fingerprint density at radius 2 is 1.83 bits per heavy atom. The first kappa shape index (κ1) is 23.4. The molecule has 1 unspecified atom stereocenters. The van der Waals surface area contributed by atoms with Gasteiger partial charge in [0.05, 0.1) is 12.2 Å². The Labute approximate surface area is 174 Å². The molecule has 2 rings (SSSR count). The minimum atomic E-state index is -0.644. The molecule has 6 nitrogen and oxygen atoms in total. The number of hydrogen-bond acceptors (Lipinski definition) is 4. The van der Waals surface area contributed by atoms with Gasteiger partial charge in [0, 0.05) is 37.4 Å². The highest BCUT2D eigenvalue weighted by Crippen LogP contribution is 2.22. The minimum absolute atomic E-state index is 0.0420. The molecule has 0 bridgehead atoms. The van der Waals surface area contributed by atoms with Crippen LogP contribution in [-0.2, 0) is 4.74 Å². The second-order valence-electron chi connectivity index (χ2n) is 7.96. The van der Waals surface area contributed by atoms with E-state index in [2.05, 4.69) is 5.32 Å². The Kier molecular flexibility index (Phi) is 9.61. The van der Waals surface area contributed by atoms with Gasteiger partial charge in [0.25, 0.3) is 11.8 Å². The molecule has 1 aliphatic rings. The van der Waals surface area contributed by atoms with Crippen LogP contribution in [-0.4, -0.2) is 60.3 Å². The van der Waals surface area contributed by atoms with E-state index in [4.69, 9.17) is 4.74 Å². The van der Waals surface area contributed by atoms with Crippen LogP contribution in [0.25, 0.3) is 0 Å². The fourth-order valence-electron chi connectivity index (χ4n) is 3.40. The van der Waals surface area contributed by atoms with Gasteiger partial charge in [-0.25, -0.2) is 0 Å². The van der Waals surface area contributed by atoms with Crippen LogP contribution in [0.15, 0.2) is 18.2 Å². The lowest BCUT2D eigenvalue weighted by molar-refractivity contribution is -0.0123. The zero-order valence-electron chi connectivity index (χ0n) is 18.1. The highest BCUT2D eigenvalue weighted by atomic mass is 16.5. The van der Waals surface area contributed by atoms with Crippen molar-refractivity contribution in [2.24, 2.45) is 0 Å². The van der Waals surface area contributed by atoms with Crippen molar-refractivity contribution >= 4 is 11.8 Å². The van der Waals surface area contributed by atoms with E-state index >= 15 is 0 Å². The molecule has 29 heavy (non-hydrogen) atoms. The normalized spacial score (nSPS) is 14.9. The molecule has 162 valence electrons. The van der Waals surface area contributed by atoms with Crippen LogP contribution in [0.3, 0.4) is 0 Å². The van der Waals surface area contributed by atoms with Crippen LogP contribution in [0.2, 0.25) is 0 Å². The Morgan fingerprint density at radius 1 is 1.17 bits per heavy atom. The Balaban J connectivity index is 1.91. The second-order valence-corrected chi connectivity index (χ2v) is 7.96.